The number of aryl methyl sites for hydroxylation is 1. The third kappa shape index (κ3) is 4.99. The van der Waals surface area contributed by atoms with Crippen LogP contribution in [0.25, 0.3) is 17.3 Å². The van der Waals surface area contributed by atoms with Crippen molar-refractivity contribution >= 4 is 33.3 Å². The van der Waals surface area contributed by atoms with Gasteiger partial charge in [-0.05, 0) is 48.2 Å². The van der Waals surface area contributed by atoms with E-state index in [4.69, 9.17) is 20.8 Å². The van der Waals surface area contributed by atoms with Crippen LogP contribution >= 0.6 is 11.6 Å². The first-order chi connectivity index (χ1) is 15.8. The fourth-order valence-electron chi connectivity index (χ4n) is 3.69. The highest BCUT2D eigenvalue weighted by atomic mass is 35.5. The highest BCUT2D eigenvalue weighted by Gasteiger charge is 2.31. The van der Waals surface area contributed by atoms with Gasteiger partial charge < -0.3 is 9.15 Å². The Morgan fingerprint density at radius 2 is 1.94 bits per heavy atom. The van der Waals surface area contributed by atoms with Gasteiger partial charge in [0.05, 0.1) is 24.8 Å². The zero-order valence-corrected chi connectivity index (χ0v) is 20.1. The maximum atomic E-state index is 13.0. The molecule has 2 heterocycles. The molecule has 1 aliphatic rings. The number of sulfonamides is 1. The summed E-state index contributed by atoms with van der Waals surface area (Å²) in [5, 5.41) is 9.00. The van der Waals surface area contributed by atoms with Crippen molar-refractivity contribution in [2.75, 3.05) is 17.6 Å². The molecule has 1 aromatic carbocycles. The second-order valence-corrected chi connectivity index (χ2v) is 10.2. The summed E-state index contributed by atoms with van der Waals surface area (Å²) in [7, 11) is -2.15. The van der Waals surface area contributed by atoms with Crippen molar-refractivity contribution in [3.8, 4) is 11.6 Å². The number of methoxy groups -OCH3 is 1. The highest BCUT2D eigenvalue weighted by Crippen LogP contribution is 2.38. The van der Waals surface area contributed by atoms with Crippen LogP contribution < -0.4 is 4.72 Å². The first kappa shape index (κ1) is 23.1. The summed E-state index contributed by atoms with van der Waals surface area (Å²) in [5.74, 6) is 1.61. The van der Waals surface area contributed by atoms with Crippen molar-refractivity contribution < 1.29 is 17.6 Å². The molecule has 2 atom stereocenters. The molecule has 3 aromatic rings. The molecule has 174 valence electrons. The molecule has 0 saturated carbocycles. The minimum absolute atomic E-state index is 0.00647. The Kier molecular flexibility index (Phi) is 6.62. The number of allylic oxidation sites excluding steroid dienone is 3. The normalized spacial score (nSPS) is 18.5. The zero-order chi connectivity index (χ0) is 23.6. The van der Waals surface area contributed by atoms with Crippen LogP contribution in [-0.4, -0.2) is 36.0 Å². The number of hydrogen-bond donors (Lipinski definition) is 1. The number of benzene rings is 1. The smallest absolute Gasteiger partial charge is 0.243 e. The standard InChI is InChI=1S/C23H25ClN4O4S/c1-15-6-11-19(31-3)21(16(15)2)28-22(20-5-4-13-32-20)25-26-23(28)27-33(29,30)14-12-17-7-9-18(24)10-8-17/h4-11,13,15-16H,12,14H2,1-3H3,(H,26,27). The number of aromatic nitrogens is 3. The van der Waals surface area contributed by atoms with Gasteiger partial charge in [0.2, 0.25) is 21.8 Å². The van der Waals surface area contributed by atoms with Crippen LogP contribution in [0.5, 0.6) is 0 Å². The lowest BCUT2D eigenvalue weighted by Gasteiger charge is -2.28. The molecule has 0 fully saturated rings. The van der Waals surface area contributed by atoms with E-state index < -0.39 is 10.0 Å². The van der Waals surface area contributed by atoms with Gasteiger partial charge >= 0.3 is 0 Å². The van der Waals surface area contributed by atoms with E-state index in [9.17, 15) is 8.42 Å². The number of furan rings is 1. The number of nitrogens with zero attached hydrogens (tertiary/aromatic N) is 3. The molecule has 2 unspecified atom stereocenters. The van der Waals surface area contributed by atoms with Crippen LogP contribution in [0.3, 0.4) is 0 Å². The predicted octanol–water partition coefficient (Wildman–Crippen LogP) is 4.83. The highest BCUT2D eigenvalue weighted by molar-refractivity contribution is 7.92. The van der Waals surface area contributed by atoms with Gasteiger partial charge in [0, 0.05) is 10.9 Å². The van der Waals surface area contributed by atoms with Crippen LogP contribution in [0.15, 0.2) is 65.0 Å². The van der Waals surface area contributed by atoms with Crippen molar-refractivity contribution in [2.45, 2.75) is 20.3 Å². The maximum Gasteiger partial charge on any atom is 0.243 e. The fraction of sp³-hybridized carbons (Fsp3) is 0.304. The van der Waals surface area contributed by atoms with E-state index in [0.29, 0.717) is 28.8 Å². The molecule has 33 heavy (non-hydrogen) atoms. The largest absolute Gasteiger partial charge is 0.495 e. The summed E-state index contributed by atoms with van der Waals surface area (Å²) in [4.78, 5) is 0. The summed E-state index contributed by atoms with van der Waals surface area (Å²) >= 11 is 5.92. The summed E-state index contributed by atoms with van der Waals surface area (Å²) in [5.41, 5.74) is 1.62. The van der Waals surface area contributed by atoms with Gasteiger partial charge in [-0.3, -0.25) is 9.29 Å². The lowest BCUT2D eigenvalue weighted by atomic mass is 9.87. The summed E-state index contributed by atoms with van der Waals surface area (Å²) in [6, 6.07) is 10.6. The Balaban J connectivity index is 1.71. The molecule has 4 rings (SSSR count). The molecular formula is C23H25ClN4O4S. The second-order valence-electron chi connectivity index (χ2n) is 7.92. The molecule has 0 amide bonds. The van der Waals surface area contributed by atoms with Crippen LogP contribution in [0.2, 0.25) is 5.02 Å². The quantitative estimate of drug-likeness (QED) is 0.487. The molecule has 2 aromatic heterocycles. The number of nitrogens with one attached hydrogen (secondary N) is 1. The minimum Gasteiger partial charge on any atom is -0.495 e. The SMILES string of the molecule is COC1=C(n2c(NS(=O)(=O)CCc3ccc(Cl)cc3)nnc2-c2ccco2)C(C)C(C)C=C1. The maximum absolute atomic E-state index is 13.0. The Morgan fingerprint density at radius 1 is 1.18 bits per heavy atom. The Morgan fingerprint density at radius 3 is 2.61 bits per heavy atom. The third-order valence-electron chi connectivity index (χ3n) is 5.71. The third-order valence-corrected chi connectivity index (χ3v) is 7.20. The minimum atomic E-state index is -3.73. The van der Waals surface area contributed by atoms with Crippen LogP contribution in [-0.2, 0) is 21.2 Å². The van der Waals surface area contributed by atoms with Crippen molar-refractivity contribution in [3.05, 3.63) is 71.2 Å². The molecule has 1 aliphatic carbocycles. The van der Waals surface area contributed by atoms with Crippen LogP contribution in [0.4, 0.5) is 5.95 Å². The van der Waals surface area contributed by atoms with Gasteiger partial charge in [-0.2, -0.15) is 0 Å². The number of halogens is 1. The van der Waals surface area contributed by atoms with Gasteiger partial charge in [0.1, 0.15) is 5.76 Å². The lowest BCUT2D eigenvalue weighted by molar-refractivity contribution is 0.297. The second kappa shape index (κ2) is 9.44. The van der Waals surface area contributed by atoms with E-state index in [1.807, 2.05) is 25.1 Å². The first-order valence-corrected chi connectivity index (χ1v) is 12.5. The molecule has 0 spiro atoms. The number of ether oxygens (including phenoxy) is 1. The fourth-order valence-corrected chi connectivity index (χ4v) is 4.83. The average Bonchev–Trinajstić information content (AvgIpc) is 3.45. The van der Waals surface area contributed by atoms with Gasteiger partial charge in [-0.15, -0.1) is 10.2 Å². The van der Waals surface area contributed by atoms with Gasteiger partial charge in [0.15, 0.2) is 5.76 Å². The molecule has 8 nitrogen and oxygen atoms in total. The van der Waals surface area contributed by atoms with E-state index in [0.717, 1.165) is 11.3 Å². The molecule has 10 heteroatoms. The number of hydrogen-bond acceptors (Lipinski definition) is 6. The monoisotopic (exact) mass is 488 g/mol. The summed E-state index contributed by atoms with van der Waals surface area (Å²) in [6.07, 6.45) is 5.79. The van der Waals surface area contributed by atoms with Crippen molar-refractivity contribution in [1.82, 2.24) is 14.8 Å². The summed E-state index contributed by atoms with van der Waals surface area (Å²) in [6.45, 7) is 4.13. The Bertz CT molecular complexity index is 1280. The molecule has 0 bridgehead atoms. The lowest BCUT2D eigenvalue weighted by Crippen LogP contribution is -2.24. The zero-order valence-electron chi connectivity index (χ0n) is 18.5. The average molecular weight is 489 g/mol. The molecule has 0 saturated heterocycles. The number of anilines is 1. The van der Waals surface area contributed by atoms with E-state index in [1.54, 1.807) is 35.9 Å². The number of rotatable bonds is 8. The molecule has 0 aliphatic heterocycles. The Labute approximate surface area is 198 Å². The van der Waals surface area contributed by atoms with E-state index in [1.165, 1.54) is 6.26 Å². The van der Waals surface area contributed by atoms with Crippen molar-refractivity contribution in [1.29, 1.82) is 0 Å². The van der Waals surface area contributed by atoms with E-state index in [-0.39, 0.29) is 23.5 Å². The van der Waals surface area contributed by atoms with Gasteiger partial charge in [0.25, 0.3) is 0 Å². The first-order valence-electron chi connectivity index (χ1n) is 10.5. The van der Waals surface area contributed by atoms with E-state index >= 15 is 0 Å². The Hall–Kier alpha value is -3.04. The molecule has 0 radical (unpaired) electrons. The van der Waals surface area contributed by atoms with E-state index in [2.05, 4.69) is 27.9 Å². The summed E-state index contributed by atoms with van der Waals surface area (Å²) < 4.78 is 41.4. The molecular weight excluding hydrogens is 464 g/mol. The predicted molar refractivity (Wildman–Crippen MR) is 128 cm³/mol. The molecule has 1 N–H and O–H groups in total. The van der Waals surface area contributed by atoms with Crippen molar-refractivity contribution in [3.63, 3.8) is 0 Å². The van der Waals surface area contributed by atoms with Crippen LogP contribution in [0, 0.1) is 11.8 Å². The van der Waals surface area contributed by atoms with Gasteiger partial charge in [-0.25, -0.2) is 8.42 Å². The van der Waals surface area contributed by atoms with Crippen molar-refractivity contribution in [2.24, 2.45) is 11.8 Å². The van der Waals surface area contributed by atoms with Crippen LogP contribution in [0.1, 0.15) is 19.4 Å². The topological polar surface area (TPSA) is 99.2 Å². The van der Waals surface area contributed by atoms with Gasteiger partial charge in [-0.1, -0.05) is 43.7 Å².